The molecule has 3 N–H and O–H groups in total. The molecule has 0 aliphatic carbocycles. The molecule has 0 saturated heterocycles. The molecule has 0 saturated carbocycles. The summed E-state index contributed by atoms with van der Waals surface area (Å²) in [7, 11) is 1.13. The van der Waals surface area contributed by atoms with Crippen LogP contribution in [0.4, 0.5) is 10.8 Å². The molecule has 0 aliphatic rings. The zero-order valence-electron chi connectivity index (χ0n) is 14.1. The number of amides is 2. The minimum absolute atomic E-state index is 0.204. The molecule has 0 aliphatic heterocycles. The lowest BCUT2D eigenvalue weighted by atomic mass is 10.0. The number of esters is 1. The van der Waals surface area contributed by atoms with Crippen LogP contribution >= 0.6 is 0 Å². The van der Waals surface area contributed by atoms with Gasteiger partial charge < -0.3 is 24.3 Å². The highest BCUT2D eigenvalue weighted by atomic mass is 16.6. The maximum atomic E-state index is 12.1. The standard InChI is InChI=1S/C14H21N3O7/c1-13(2,3)24-12(21)16-11-15-8(6-23-11)9(19)17-14(4,7-18)10(20)22-5/h6,18H,7H2,1-5H3,(H,17,19)(H,15,16,21). The van der Waals surface area contributed by atoms with Gasteiger partial charge in [0.1, 0.15) is 11.9 Å². The summed E-state index contributed by atoms with van der Waals surface area (Å²) in [6, 6.07) is -0.252. The van der Waals surface area contributed by atoms with Gasteiger partial charge in [-0.1, -0.05) is 0 Å². The summed E-state index contributed by atoms with van der Waals surface area (Å²) in [4.78, 5) is 39.0. The van der Waals surface area contributed by atoms with Gasteiger partial charge in [-0.25, -0.2) is 14.9 Å². The monoisotopic (exact) mass is 343 g/mol. The first-order valence-corrected chi connectivity index (χ1v) is 6.98. The molecule has 1 unspecified atom stereocenters. The van der Waals surface area contributed by atoms with Crippen molar-refractivity contribution in [1.29, 1.82) is 0 Å². The smallest absolute Gasteiger partial charge is 0.415 e. The number of nitrogens with one attached hydrogen (secondary N) is 2. The first-order chi connectivity index (χ1) is 11.0. The van der Waals surface area contributed by atoms with Crippen LogP contribution in [-0.4, -0.2) is 52.9 Å². The largest absolute Gasteiger partial charge is 0.467 e. The predicted molar refractivity (Wildman–Crippen MR) is 81.3 cm³/mol. The van der Waals surface area contributed by atoms with Crippen molar-refractivity contribution in [3.05, 3.63) is 12.0 Å². The molecule has 1 aromatic rings. The Morgan fingerprint density at radius 1 is 1.29 bits per heavy atom. The van der Waals surface area contributed by atoms with Gasteiger partial charge in [0.05, 0.1) is 13.7 Å². The van der Waals surface area contributed by atoms with Gasteiger partial charge in [-0.2, -0.15) is 4.98 Å². The number of aliphatic hydroxyl groups is 1. The number of ether oxygens (including phenoxy) is 2. The number of carbonyl (C=O) groups is 3. The van der Waals surface area contributed by atoms with Crippen LogP contribution in [0.25, 0.3) is 0 Å². The number of aromatic nitrogens is 1. The second-order valence-corrected chi connectivity index (χ2v) is 6.10. The van der Waals surface area contributed by atoms with E-state index in [2.05, 4.69) is 20.4 Å². The lowest BCUT2D eigenvalue weighted by molar-refractivity contribution is -0.149. The first kappa shape index (κ1) is 19.4. The van der Waals surface area contributed by atoms with E-state index in [0.717, 1.165) is 13.4 Å². The molecule has 2 amide bonds. The molecule has 10 nitrogen and oxygen atoms in total. The zero-order chi connectivity index (χ0) is 18.5. The molecule has 1 rings (SSSR count). The number of methoxy groups -OCH3 is 1. The number of carbonyl (C=O) groups excluding carboxylic acids is 3. The quantitative estimate of drug-likeness (QED) is 0.663. The summed E-state index contributed by atoms with van der Waals surface area (Å²) in [5.74, 6) is -1.62. The molecular weight excluding hydrogens is 322 g/mol. The fourth-order valence-electron chi connectivity index (χ4n) is 1.52. The number of nitrogens with zero attached hydrogens (tertiary/aromatic N) is 1. The Morgan fingerprint density at radius 3 is 2.42 bits per heavy atom. The van der Waals surface area contributed by atoms with Crippen LogP contribution in [0, 0.1) is 0 Å². The summed E-state index contributed by atoms with van der Waals surface area (Å²) in [6.07, 6.45) is 0.183. The fraction of sp³-hybridized carbons (Fsp3) is 0.571. The highest BCUT2D eigenvalue weighted by Crippen LogP contribution is 2.13. The minimum Gasteiger partial charge on any atom is -0.467 e. The van der Waals surface area contributed by atoms with Crippen molar-refractivity contribution in [3.8, 4) is 0 Å². The molecule has 24 heavy (non-hydrogen) atoms. The number of hydrogen-bond acceptors (Lipinski definition) is 8. The third-order valence-corrected chi connectivity index (χ3v) is 2.69. The third kappa shape index (κ3) is 5.23. The van der Waals surface area contributed by atoms with Crippen LogP contribution in [-0.2, 0) is 14.3 Å². The van der Waals surface area contributed by atoms with E-state index in [0.29, 0.717) is 0 Å². The molecule has 0 bridgehead atoms. The van der Waals surface area contributed by atoms with Crippen molar-refractivity contribution >= 4 is 24.0 Å². The van der Waals surface area contributed by atoms with E-state index >= 15 is 0 Å². The highest BCUT2D eigenvalue weighted by Gasteiger charge is 2.36. The summed E-state index contributed by atoms with van der Waals surface area (Å²) in [5.41, 5.74) is -2.55. The molecule has 0 radical (unpaired) electrons. The van der Waals surface area contributed by atoms with Gasteiger partial charge in [0.2, 0.25) is 0 Å². The fourth-order valence-corrected chi connectivity index (χ4v) is 1.52. The van der Waals surface area contributed by atoms with Gasteiger partial charge >= 0.3 is 18.1 Å². The summed E-state index contributed by atoms with van der Waals surface area (Å²) < 4.78 is 14.5. The van der Waals surface area contributed by atoms with Gasteiger partial charge in [0, 0.05) is 0 Å². The van der Waals surface area contributed by atoms with Gasteiger partial charge in [-0.15, -0.1) is 0 Å². The average molecular weight is 343 g/mol. The maximum absolute atomic E-state index is 12.1. The van der Waals surface area contributed by atoms with Crippen LogP contribution in [0.15, 0.2) is 10.7 Å². The number of hydrogen-bond donors (Lipinski definition) is 3. The van der Waals surface area contributed by atoms with E-state index in [-0.39, 0.29) is 11.7 Å². The van der Waals surface area contributed by atoms with E-state index in [1.54, 1.807) is 20.8 Å². The average Bonchev–Trinajstić information content (AvgIpc) is 2.92. The van der Waals surface area contributed by atoms with E-state index in [4.69, 9.17) is 9.15 Å². The molecule has 134 valence electrons. The van der Waals surface area contributed by atoms with Crippen LogP contribution < -0.4 is 10.6 Å². The predicted octanol–water partition coefficient (Wildman–Crippen LogP) is 0.675. The van der Waals surface area contributed by atoms with Gasteiger partial charge in [0.15, 0.2) is 11.2 Å². The number of anilines is 1. The van der Waals surface area contributed by atoms with E-state index in [1.165, 1.54) is 6.92 Å². The van der Waals surface area contributed by atoms with Crippen LogP contribution in [0.1, 0.15) is 38.2 Å². The molecule has 0 fully saturated rings. The lowest BCUT2D eigenvalue weighted by Gasteiger charge is -2.24. The SMILES string of the molecule is COC(=O)C(C)(CO)NC(=O)c1coc(NC(=O)OC(C)(C)C)n1. The van der Waals surface area contributed by atoms with Crippen molar-refractivity contribution in [2.75, 3.05) is 19.0 Å². The number of aliphatic hydroxyl groups excluding tert-OH is 1. The van der Waals surface area contributed by atoms with Crippen LogP contribution in [0.3, 0.4) is 0 Å². The Morgan fingerprint density at radius 2 is 1.92 bits per heavy atom. The Bertz CT molecular complexity index is 620. The summed E-state index contributed by atoms with van der Waals surface area (Å²) >= 11 is 0. The van der Waals surface area contributed by atoms with Crippen molar-refractivity contribution < 1.29 is 33.4 Å². The Kier molecular flexibility index (Phi) is 5.91. The molecule has 1 aromatic heterocycles. The molecular formula is C14H21N3O7. The molecule has 0 aromatic carbocycles. The Hall–Kier alpha value is -2.62. The van der Waals surface area contributed by atoms with Crippen molar-refractivity contribution in [2.24, 2.45) is 0 Å². The van der Waals surface area contributed by atoms with Crippen LogP contribution in [0.5, 0.6) is 0 Å². The molecule has 1 atom stereocenters. The Balaban J connectivity index is 2.76. The van der Waals surface area contributed by atoms with Gasteiger partial charge in [-0.05, 0) is 27.7 Å². The summed E-state index contributed by atoms with van der Waals surface area (Å²) in [5, 5.41) is 13.8. The normalized spacial score (nSPS) is 13.6. The second kappa shape index (κ2) is 7.30. The molecule has 1 heterocycles. The lowest BCUT2D eigenvalue weighted by Crippen LogP contribution is -2.55. The van der Waals surface area contributed by atoms with Crippen molar-refractivity contribution in [3.63, 3.8) is 0 Å². The zero-order valence-corrected chi connectivity index (χ0v) is 14.1. The highest BCUT2D eigenvalue weighted by molar-refractivity contribution is 5.97. The Labute approximate surface area is 138 Å². The molecule has 10 heteroatoms. The minimum atomic E-state index is -1.64. The topological polar surface area (TPSA) is 140 Å². The molecule has 0 spiro atoms. The van der Waals surface area contributed by atoms with Gasteiger partial charge in [-0.3, -0.25) is 4.79 Å². The van der Waals surface area contributed by atoms with Crippen molar-refractivity contribution in [1.82, 2.24) is 10.3 Å². The van der Waals surface area contributed by atoms with E-state index in [9.17, 15) is 19.5 Å². The van der Waals surface area contributed by atoms with Crippen molar-refractivity contribution in [2.45, 2.75) is 38.8 Å². The van der Waals surface area contributed by atoms with Crippen LogP contribution in [0.2, 0.25) is 0 Å². The summed E-state index contributed by atoms with van der Waals surface area (Å²) in [6.45, 7) is 5.67. The number of rotatable bonds is 5. The van der Waals surface area contributed by atoms with Gasteiger partial charge in [0.25, 0.3) is 5.91 Å². The number of oxazole rings is 1. The maximum Gasteiger partial charge on any atom is 0.415 e. The van der Waals surface area contributed by atoms with E-state index < -0.39 is 35.7 Å². The van der Waals surface area contributed by atoms with E-state index in [1.807, 2.05) is 0 Å². The third-order valence-electron chi connectivity index (χ3n) is 2.69. The second-order valence-electron chi connectivity index (χ2n) is 6.10. The first-order valence-electron chi connectivity index (χ1n) is 6.98.